The fourth-order valence-corrected chi connectivity index (χ4v) is 7.97. The molecule has 1 amide bonds. The van der Waals surface area contributed by atoms with Crippen molar-refractivity contribution in [1.29, 1.82) is 0 Å². The highest BCUT2D eigenvalue weighted by Crippen LogP contribution is 2.43. The first-order chi connectivity index (χ1) is 23.5. The normalized spacial score (nSPS) is 29.4. The SMILES string of the molecule is COC(=O)[C@]1(OC)C[C@H](O[Si](C)(C)C(C)(C)C)[C@@H](NC(C)=O)[C@H]([C@H](OCCCCCCCCCCOC2CCCCO2)[C@H]2COC(C)(C)O2)O1. The van der Waals surface area contributed by atoms with Gasteiger partial charge in [-0.3, -0.25) is 4.79 Å². The molecule has 3 fully saturated rings. The Kier molecular flexibility index (Phi) is 17.1. The van der Waals surface area contributed by atoms with Crippen molar-refractivity contribution in [3.8, 4) is 0 Å². The molecule has 1 unspecified atom stereocenters. The molecule has 13 heteroatoms. The Morgan fingerprint density at radius 1 is 0.940 bits per heavy atom. The molecular weight excluding hydrogens is 662 g/mol. The van der Waals surface area contributed by atoms with E-state index in [1.165, 1.54) is 53.2 Å². The van der Waals surface area contributed by atoms with Crippen LogP contribution < -0.4 is 5.32 Å². The number of amides is 1. The maximum Gasteiger partial charge on any atom is 0.366 e. The van der Waals surface area contributed by atoms with E-state index in [9.17, 15) is 9.59 Å². The van der Waals surface area contributed by atoms with Crippen LogP contribution in [0.1, 0.15) is 119 Å². The van der Waals surface area contributed by atoms with E-state index in [1.54, 1.807) is 0 Å². The van der Waals surface area contributed by atoms with Crippen molar-refractivity contribution >= 4 is 20.2 Å². The first-order valence-electron chi connectivity index (χ1n) is 19.0. The van der Waals surface area contributed by atoms with E-state index >= 15 is 0 Å². The summed E-state index contributed by atoms with van der Waals surface area (Å²) in [5.74, 6) is -3.53. The summed E-state index contributed by atoms with van der Waals surface area (Å²) in [7, 11) is 0.313. The van der Waals surface area contributed by atoms with Gasteiger partial charge in [0.1, 0.15) is 18.3 Å². The largest absolute Gasteiger partial charge is 0.465 e. The van der Waals surface area contributed by atoms with Gasteiger partial charge in [0.05, 0.1) is 25.9 Å². The molecule has 292 valence electrons. The highest BCUT2D eigenvalue weighted by molar-refractivity contribution is 6.74. The number of carbonyl (C=O) groups is 2. The average molecular weight is 732 g/mol. The Labute approximate surface area is 302 Å². The number of esters is 1. The van der Waals surface area contributed by atoms with Gasteiger partial charge in [-0.2, -0.15) is 0 Å². The van der Waals surface area contributed by atoms with Crippen LogP contribution in [0.15, 0.2) is 0 Å². The molecule has 0 saturated carbocycles. The zero-order valence-electron chi connectivity index (χ0n) is 32.8. The standard InChI is InChI=1S/C37H69NO11Si/c1-27(39)38-31-28(49-50(9,10)35(2,3)4)25-37(42-8,34(40)41-7)48-33(31)32(29-26-46-36(5,6)47-29)45-24-19-16-14-12-11-13-15-18-22-43-30-21-17-20-23-44-30/h28-33H,11-26H2,1-10H3,(H,38,39)/t28-,29+,30?,31+,32+,33+,37-/m0/s1. The minimum atomic E-state index is -2.41. The molecule has 0 spiro atoms. The minimum Gasteiger partial charge on any atom is -0.465 e. The van der Waals surface area contributed by atoms with E-state index in [-0.39, 0.29) is 30.3 Å². The van der Waals surface area contributed by atoms with E-state index in [1.807, 2.05) is 13.8 Å². The van der Waals surface area contributed by atoms with Crippen LogP contribution in [0.25, 0.3) is 0 Å². The molecule has 3 saturated heterocycles. The lowest BCUT2D eigenvalue weighted by Gasteiger charge is -2.51. The molecule has 0 radical (unpaired) electrons. The second kappa shape index (κ2) is 19.8. The summed E-state index contributed by atoms with van der Waals surface area (Å²) in [6.45, 7) is 18.2. The fourth-order valence-electron chi connectivity index (χ4n) is 6.63. The Balaban J connectivity index is 1.66. The highest BCUT2D eigenvalue weighted by atomic mass is 28.4. The van der Waals surface area contributed by atoms with Gasteiger partial charge >= 0.3 is 5.97 Å². The fraction of sp³-hybridized carbons (Fsp3) is 0.946. The van der Waals surface area contributed by atoms with Gasteiger partial charge in [-0.05, 0) is 64.1 Å². The average Bonchev–Trinajstić information content (AvgIpc) is 3.42. The summed E-state index contributed by atoms with van der Waals surface area (Å²) in [5.41, 5.74) is 0. The summed E-state index contributed by atoms with van der Waals surface area (Å²) in [6, 6.07) is -0.660. The number of methoxy groups -OCH3 is 2. The van der Waals surface area contributed by atoms with E-state index in [0.29, 0.717) is 6.61 Å². The monoisotopic (exact) mass is 731 g/mol. The van der Waals surface area contributed by atoms with Crippen molar-refractivity contribution in [2.24, 2.45) is 0 Å². The van der Waals surface area contributed by atoms with Crippen LogP contribution in [-0.2, 0) is 51.9 Å². The molecule has 0 aromatic rings. The zero-order chi connectivity index (χ0) is 37.0. The summed E-state index contributed by atoms with van der Waals surface area (Å²) >= 11 is 0. The summed E-state index contributed by atoms with van der Waals surface area (Å²) in [4.78, 5) is 26.1. The third kappa shape index (κ3) is 12.8. The van der Waals surface area contributed by atoms with E-state index in [0.717, 1.165) is 51.7 Å². The van der Waals surface area contributed by atoms with Gasteiger partial charge in [0.2, 0.25) is 5.91 Å². The molecule has 3 aliphatic rings. The molecule has 0 aliphatic carbocycles. The Bertz CT molecular complexity index is 1030. The summed E-state index contributed by atoms with van der Waals surface area (Å²) < 4.78 is 55.0. The molecule has 0 aromatic carbocycles. The maximum atomic E-state index is 13.4. The molecule has 3 aliphatic heterocycles. The van der Waals surface area contributed by atoms with Crippen molar-refractivity contribution in [3.05, 3.63) is 0 Å². The number of hydrogen-bond acceptors (Lipinski definition) is 11. The molecule has 0 bridgehead atoms. The van der Waals surface area contributed by atoms with Gasteiger partial charge in [-0.25, -0.2) is 4.79 Å². The molecule has 3 heterocycles. The van der Waals surface area contributed by atoms with Gasteiger partial charge < -0.3 is 47.6 Å². The van der Waals surface area contributed by atoms with Gasteiger partial charge in [0, 0.05) is 40.3 Å². The topological polar surface area (TPSA) is 129 Å². The highest BCUT2D eigenvalue weighted by Gasteiger charge is 2.59. The molecule has 3 rings (SSSR count). The van der Waals surface area contributed by atoms with Crippen molar-refractivity contribution in [3.63, 3.8) is 0 Å². The number of unbranched alkanes of at least 4 members (excludes halogenated alkanes) is 7. The first-order valence-corrected chi connectivity index (χ1v) is 21.9. The first kappa shape index (κ1) is 43.2. The van der Waals surface area contributed by atoms with Crippen LogP contribution in [0.2, 0.25) is 18.1 Å². The summed E-state index contributed by atoms with van der Waals surface area (Å²) in [5, 5.41) is 2.96. The number of carbonyl (C=O) groups excluding carboxylic acids is 2. The van der Waals surface area contributed by atoms with Crippen molar-refractivity contribution in [2.75, 3.05) is 40.6 Å². The molecule has 7 atom stereocenters. The number of ether oxygens (including phenoxy) is 8. The van der Waals surface area contributed by atoms with Crippen LogP contribution in [-0.4, -0.2) is 109 Å². The Hall–Kier alpha value is -1.16. The van der Waals surface area contributed by atoms with Crippen LogP contribution in [0, 0.1) is 0 Å². The Morgan fingerprint density at radius 2 is 1.58 bits per heavy atom. The van der Waals surface area contributed by atoms with Gasteiger partial charge in [-0.15, -0.1) is 0 Å². The van der Waals surface area contributed by atoms with Crippen molar-refractivity contribution in [1.82, 2.24) is 5.32 Å². The lowest BCUT2D eigenvalue weighted by Crippen LogP contribution is -2.69. The van der Waals surface area contributed by atoms with E-state index in [4.69, 9.17) is 42.3 Å². The number of hydrogen-bond donors (Lipinski definition) is 1. The van der Waals surface area contributed by atoms with Gasteiger partial charge in [0.25, 0.3) is 5.79 Å². The van der Waals surface area contributed by atoms with E-state index < -0.39 is 56.3 Å². The minimum absolute atomic E-state index is 0.00168. The van der Waals surface area contributed by atoms with Crippen molar-refractivity contribution < 1.29 is 51.9 Å². The van der Waals surface area contributed by atoms with Crippen molar-refractivity contribution in [2.45, 2.75) is 185 Å². The van der Waals surface area contributed by atoms with Gasteiger partial charge in [0.15, 0.2) is 20.4 Å². The molecule has 12 nitrogen and oxygen atoms in total. The quantitative estimate of drug-likeness (QED) is 0.0850. The Morgan fingerprint density at radius 3 is 2.10 bits per heavy atom. The lowest BCUT2D eigenvalue weighted by atomic mass is 9.88. The predicted molar refractivity (Wildman–Crippen MR) is 192 cm³/mol. The van der Waals surface area contributed by atoms with Crippen LogP contribution in [0.3, 0.4) is 0 Å². The second-order valence-corrected chi connectivity index (χ2v) is 20.8. The third-order valence-electron chi connectivity index (χ3n) is 10.5. The lowest BCUT2D eigenvalue weighted by molar-refractivity contribution is -0.307. The maximum absolute atomic E-state index is 13.4. The molecule has 50 heavy (non-hydrogen) atoms. The second-order valence-electron chi connectivity index (χ2n) is 16.1. The molecular formula is C37H69NO11Si. The molecule has 1 N–H and O–H groups in total. The predicted octanol–water partition coefficient (Wildman–Crippen LogP) is 6.39. The van der Waals surface area contributed by atoms with Crippen LogP contribution in [0.5, 0.6) is 0 Å². The van der Waals surface area contributed by atoms with Crippen LogP contribution >= 0.6 is 0 Å². The smallest absolute Gasteiger partial charge is 0.366 e. The molecule has 0 aromatic heterocycles. The zero-order valence-corrected chi connectivity index (χ0v) is 33.8. The summed E-state index contributed by atoms with van der Waals surface area (Å²) in [6.07, 6.45) is 9.42. The number of nitrogens with one attached hydrogen (secondary N) is 1. The van der Waals surface area contributed by atoms with Crippen LogP contribution in [0.4, 0.5) is 0 Å². The van der Waals surface area contributed by atoms with Gasteiger partial charge in [-0.1, -0.05) is 59.3 Å². The third-order valence-corrected chi connectivity index (χ3v) is 15.0. The number of rotatable bonds is 20. The van der Waals surface area contributed by atoms with E-state index in [2.05, 4.69) is 39.2 Å².